The zero-order valence-electron chi connectivity index (χ0n) is 12.1. The smallest absolute Gasteiger partial charge is 0.312 e. The van der Waals surface area contributed by atoms with Gasteiger partial charge in [0.1, 0.15) is 6.04 Å². The number of nitrogens with one attached hydrogen (secondary N) is 1. The lowest BCUT2D eigenvalue weighted by Crippen LogP contribution is -2.50. The van der Waals surface area contributed by atoms with Crippen molar-refractivity contribution >= 4 is 11.8 Å². The first kappa shape index (κ1) is 15.7. The number of aromatic nitrogens is 2. The van der Waals surface area contributed by atoms with Gasteiger partial charge in [0.2, 0.25) is 0 Å². The highest BCUT2D eigenvalue weighted by atomic mass is 19.4. The van der Waals surface area contributed by atoms with Gasteiger partial charge in [-0.2, -0.15) is 18.3 Å². The van der Waals surface area contributed by atoms with Crippen molar-refractivity contribution < 1.29 is 18.0 Å². The maximum absolute atomic E-state index is 13.1. The minimum atomic E-state index is -4.40. The molecule has 1 saturated heterocycles. The Labute approximate surface area is 121 Å². The summed E-state index contributed by atoms with van der Waals surface area (Å²) >= 11 is 0. The molecule has 2 heterocycles. The van der Waals surface area contributed by atoms with Gasteiger partial charge >= 0.3 is 12.2 Å². The summed E-state index contributed by atoms with van der Waals surface area (Å²) in [5, 5.41) is 6.52. The van der Waals surface area contributed by atoms with Crippen molar-refractivity contribution in [1.29, 1.82) is 0 Å². The third kappa shape index (κ3) is 3.68. The predicted molar refractivity (Wildman–Crippen MR) is 72.0 cm³/mol. The number of rotatable bonds is 1. The normalized spacial score (nSPS) is 20.2. The van der Waals surface area contributed by atoms with Crippen molar-refractivity contribution in [2.45, 2.75) is 44.8 Å². The van der Waals surface area contributed by atoms with E-state index in [0.717, 1.165) is 4.90 Å². The van der Waals surface area contributed by atoms with Gasteiger partial charge in [-0.15, -0.1) is 0 Å². The van der Waals surface area contributed by atoms with E-state index in [1.54, 1.807) is 20.2 Å². The number of carbonyl (C=O) groups excluding carboxylic acids is 1. The molecule has 1 aromatic heterocycles. The maximum atomic E-state index is 13.1. The fourth-order valence-electron chi connectivity index (χ4n) is 2.60. The van der Waals surface area contributed by atoms with Crippen LogP contribution in [0.3, 0.4) is 0 Å². The lowest BCUT2D eigenvalue weighted by atomic mass is 10.1. The molecular formula is C13H19F3N4O. The van der Waals surface area contributed by atoms with Crippen LogP contribution in [-0.2, 0) is 7.05 Å². The summed E-state index contributed by atoms with van der Waals surface area (Å²) in [7, 11) is 1.69. The number of hydrogen-bond donors (Lipinski definition) is 1. The Bertz CT molecular complexity index is 512. The lowest BCUT2D eigenvalue weighted by molar-refractivity contribution is -0.175. The van der Waals surface area contributed by atoms with Gasteiger partial charge < -0.3 is 4.90 Å². The van der Waals surface area contributed by atoms with Crippen molar-refractivity contribution in [1.82, 2.24) is 14.7 Å². The van der Waals surface area contributed by atoms with E-state index in [2.05, 4.69) is 10.4 Å². The summed E-state index contributed by atoms with van der Waals surface area (Å²) in [6.45, 7) is 1.86. The number of nitrogens with zero attached hydrogens (tertiary/aromatic N) is 3. The van der Waals surface area contributed by atoms with Crippen molar-refractivity contribution in [3.63, 3.8) is 0 Å². The van der Waals surface area contributed by atoms with Crippen LogP contribution in [0.15, 0.2) is 6.20 Å². The molecule has 1 aliphatic heterocycles. The average molecular weight is 304 g/mol. The number of anilines is 1. The average Bonchev–Trinajstić information content (AvgIpc) is 2.60. The van der Waals surface area contributed by atoms with Gasteiger partial charge in [0.05, 0.1) is 0 Å². The van der Waals surface area contributed by atoms with Gasteiger partial charge in [0, 0.05) is 25.4 Å². The molecule has 5 nitrogen and oxygen atoms in total. The van der Waals surface area contributed by atoms with Gasteiger partial charge in [-0.1, -0.05) is 12.8 Å². The number of likely N-dealkylation sites (tertiary alicyclic amines) is 1. The van der Waals surface area contributed by atoms with E-state index in [1.165, 1.54) is 4.68 Å². The molecule has 1 unspecified atom stereocenters. The maximum Gasteiger partial charge on any atom is 0.408 e. The molecule has 0 radical (unpaired) electrons. The highest BCUT2D eigenvalue weighted by Gasteiger charge is 2.45. The molecule has 0 aliphatic carbocycles. The number of amides is 2. The van der Waals surface area contributed by atoms with Crippen LogP contribution in [0, 0.1) is 6.92 Å². The largest absolute Gasteiger partial charge is 0.408 e. The molecule has 1 aromatic rings. The molecule has 2 amide bonds. The quantitative estimate of drug-likeness (QED) is 0.867. The Kier molecular flexibility index (Phi) is 4.43. The molecule has 0 saturated carbocycles. The summed E-state index contributed by atoms with van der Waals surface area (Å²) < 4.78 is 40.8. The first-order valence-electron chi connectivity index (χ1n) is 6.93. The third-order valence-corrected chi connectivity index (χ3v) is 3.63. The van der Waals surface area contributed by atoms with E-state index in [4.69, 9.17) is 0 Å². The number of aryl methyl sites for hydroxylation is 2. The Morgan fingerprint density at radius 1 is 1.38 bits per heavy atom. The predicted octanol–water partition coefficient (Wildman–Crippen LogP) is 3.07. The number of alkyl halides is 3. The van der Waals surface area contributed by atoms with E-state index in [1.807, 2.05) is 0 Å². The molecule has 1 atom stereocenters. The van der Waals surface area contributed by atoms with Crippen LogP contribution in [-0.4, -0.2) is 39.5 Å². The highest BCUT2D eigenvalue weighted by molar-refractivity contribution is 5.89. The molecular weight excluding hydrogens is 285 g/mol. The van der Waals surface area contributed by atoms with Crippen LogP contribution >= 0.6 is 0 Å². The summed E-state index contributed by atoms with van der Waals surface area (Å²) in [4.78, 5) is 13.1. The fourth-order valence-corrected chi connectivity index (χ4v) is 2.60. The number of urea groups is 1. The van der Waals surface area contributed by atoms with Crippen LogP contribution < -0.4 is 5.32 Å². The van der Waals surface area contributed by atoms with E-state index in [0.29, 0.717) is 30.6 Å². The Morgan fingerprint density at radius 2 is 2.10 bits per heavy atom. The van der Waals surface area contributed by atoms with Crippen LogP contribution in [0.5, 0.6) is 0 Å². The molecule has 8 heteroatoms. The van der Waals surface area contributed by atoms with Crippen LogP contribution in [0.4, 0.5) is 23.8 Å². The Balaban J connectivity index is 2.16. The Hall–Kier alpha value is -1.73. The van der Waals surface area contributed by atoms with Gasteiger partial charge in [0.25, 0.3) is 0 Å². The van der Waals surface area contributed by atoms with Crippen LogP contribution in [0.25, 0.3) is 0 Å². The molecule has 1 N–H and O–H groups in total. The standard InChI is InChI=1S/C13H19F3N4O/c1-9-8-19(2)18-11(9)17-12(21)20-7-5-3-4-6-10(20)13(14,15)16/h8,10H,3-7H2,1-2H3,(H,17,18,21). The molecule has 0 spiro atoms. The van der Waals surface area contributed by atoms with E-state index >= 15 is 0 Å². The summed E-state index contributed by atoms with van der Waals surface area (Å²) in [5.41, 5.74) is 0.712. The van der Waals surface area contributed by atoms with Crippen molar-refractivity contribution in [2.75, 3.05) is 11.9 Å². The monoisotopic (exact) mass is 304 g/mol. The van der Waals surface area contributed by atoms with Crippen molar-refractivity contribution in [3.8, 4) is 0 Å². The van der Waals surface area contributed by atoms with E-state index in [-0.39, 0.29) is 13.0 Å². The Morgan fingerprint density at radius 3 is 2.67 bits per heavy atom. The number of hydrogen-bond acceptors (Lipinski definition) is 2. The zero-order chi connectivity index (χ0) is 15.6. The molecule has 21 heavy (non-hydrogen) atoms. The van der Waals surface area contributed by atoms with Gasteiger partial charge in [-0.05, 0) is 19.8 Å². The van der Waals surface area contributed by atoms with E-state index < -0.39 is 18.2 Å². The van der Waals surface area contributed by atoms with Crippen LogP contribution in [0.2, 0.25) is 0 Å². The second kappa shape index (κ2) is 5.95. The third-order valence-electron chi connectivity index (χ3n) is 3.63. The second-order valence-corrected chi connectivity index (χ2v) is 5.36. The van der Waals surface area contributed by atoms with E-state index in [9.17, 15) is 18.0 Å². The molecule has 0 aromatic carbocycles. The molecule has 1 aliphatic rings. The zero-order valence-corrected chi connectivity index (χ0v) is 12.1. The minimum absolute atomic E-state index is 0.0435. The summed E-state index contributed by atoms with van der Waals surface area (Å²) in [5.74, 6) is 0.299. The number of carbonyl (C=O) groups is 1. The highest BCUT2D eigenvalue weighted by Crippen LogP contribution is 2.31. The summed E-state index contributed by atoms with van der Waals surface area (Å²) in [6.07, 6.45) is -0.977. The fraction of sp³-hybridized carbons (Fsp3) is 0.692. The first-order chi connectivity index (χ1) is 9.79. The molecule has 1 fully saturated rings. The van der Waals surface area contributed by atoms with Gasteiger partial charge in [0.15, 0.2) is 5.82 Å². The molecule has 118 valence electrons. The minimum Gasteiger partial charge on any atom is -0.312 e. The summed E-state index contributed by atoms with van der Waals surface area (Å²) in [6, 6.07) is -2.45. The van der Waals surface area contributed by atoms with Crippen LogP contribution in [0.1, 0.15) is 31.2 Å². The first-order valence-corrected chi connectivity index (χ1v) is 6.93. The van der Waals surface area contributed by atoms with Crippen molar-refractivity contribution in [2.24, 2.45) is 7.05 Å². The second-order valence-electron chi connectivity index (χ2n) is 5.36. The number of halogens is 3. The SMILES string of the molecule is Cc1cn(C)nc1NC(=O)N1CCCCCC1C(F)(F)F. The lowest BCUT2D eigenvalue weighted by Gasteiger charge is -2.31. The topological polar surface area (TPSA) is 50.2 Å². The molecule has 0 bridgehead atoms. The molecule has 2 rings (SSSR count). The van der Waals surface area contributed by atoms with Crippen molar-refractivity contribution in [3.05, 3.63) is 11.8 Å². The van der Waals surface area contributed by atoms with Gasteiger partial charge in [-0.3, -0.25) is 10.00 Å². The van der Waals surface area contributed by atoms with Gasteiger partial charge in [-0.25, -0.2) is 4.79 Å².